The van der Waals surface area contributed by atoms with Crippen LogP contribution in [0.5, 0.6) is 0 Å². The van der Waals surface area contributed by atoms with Crippen LogP contribution >= 0.6 is 27.7 Å². The van der Waals surface area contributed by atoms with Gasteiger partial charge in [0.05, 0.1) is 5.75 Å². The van der Waals surface area contributed by atoms with Gasteiger partial charge in [0.25, 0.3) is 5.24 Å². The second kappa shape index (κ2) is 7.71. The number of nitrogens with one attached hydrogen (secondary N) is 1. The van der Waals surface area contributed by atoms with Crippen molar-refractivity contribution in [3.63, 3.8) is 0 Å². The van der Waals surface area contributed by atoms with Crippen LogP contribution in [0.15, 0.2) is 0 Å². The molecule has 3 amide bonds. The van der Waals surface area contributed by atoms with Crippen LogP contribution < -0.4 is 5.32 Å². The van der Waals surface area contributed by atoms with E-state index in [2.05, 4.69) is 21.2 Å². The number of rotatable bonds is 7. The van der Waals surface area contributed by atoms with Gasteiger partial charge in [-0.25, -0.2) is 0 Å². The summed E-state index contributed by atoms with van der Waals surface area (Å²) in [7, 11) is 0. The standard InChI is InChI=1S/C10H15BrN2O3S/c11-4-2-1-3-8(14)12-5-6-13-9(15)7-17-10(13)16/h1-7H2,(H,12,14). The molecule has 1 aliphatic rings. The fourth-order valence-corrected chi connectivity index (χ4v) is 2.52. The number of amides is 3. The number of unbranched alkanes of at least 4 members (excludes halogenated alkanes) is 1. The van der Waals surface area contributed by atoms with Crippen LogP contribution in [-0.4, -0.2) is 46.1 Å². The average molecular weight is 323 g/mol. The van der Waals surface area contributed by atoms with Crippen LogP contribution in [0.2, 0.25) is 0 Å². The molecule has 0 spiro atoms. The topological polar surface area (TPSA) is 66.5 Å². The molecule has 17 heavy (non-hydrogen) atoms. The first-order valence-electron chi connectivity index (χ1n) is 5.45. The maximum atomic E-state index is 11.3. The Morgan fingerprint density at radius 2 is 2.18 bits per heavy atom. The molecule has 1 aliphatic heterocycles. The zero-order chi connectivity index (χ0) is 12.7. The van der Waals surface area contributed by atoms with E-state index in [1.54, 1.807) is 0 Å². The average Bonchev–Trinajstić information content (AvgIpc) is 2.61. The van der Waals surface area contributed by atoms with E-state index in [-0.39, 0.29) is 29.4 Å². The normalized spacial score (nSPS) is 15.5. The molecule has 0 aliphatic carbocycles. The Morgan fingerprint density at radius 3 is 2.76 bits per heavy atom. The number of hydrogen-bond acceptors (Lipinski definition) is 4. The van der Waals surface area contributed by atoms with Gasteiger partial charge in [-0.3, -0.25) is 19.3 Å². The lowest BCUT2D eigenvalue weighted by atomic mass is 10.2. The third-order valence-electron chi connectivity index (χ3n) is 2.29. The molecule has 0 saturated carbocycles. The fraction of sp³-hybridized carbons (Fsp3) is 0.700. The molecule has 7 heteroatoms. The Labute approximate surface area is 113 Å². The van der Waals surface area contributed by atoms with Gasteiger partial charge >= 0.3 is 0 Å². The van der Waals surface area contributed by atoms with Gasteiger partial charge in [-0.15, -0.1) is 0 Å². The van der Waals surface area contributed by atoms with Crippen molar-refractivity contribution in [2.75, 3.05) is 24.2 Å². The summed E-state index contributed by atoms with van der Waals surface area (Å²) in [6.07, 6.45) is 2.30. The van der Waals surface area contributed by atoms with E-state index < -0.39 is 0 Å². The van der Waals surface area contributed by atoms with E-state index in [1.807, 2.05) is 0 Å². The van der Waals surface area contributed by atoms with Crippen molar-refractivity contribution in [3.05, 3.63) is 0 Å². The molecule has 1 N–H and O–H groups in total. The Morgan fingerprint density at radius 1 is 1.41 bits per heavy atom. The molecule has 0 radical (unpaired) electrons. The number of alkyl halides is 1. The summed E-state index contributed by atoms with van der Waals surface area (Å²) >= 11 is 4.30. The van der Waals surface area contributed by atoms with Crippen molar-refractivity contribution >= 4 is 44.7 Å². The summed E-state index contributed by atoms with van der Waals surface area (Å²) in [5, 5.41) is 3.38. The number of halogens is 1. The van der Waals surface area contributed by atoms with Gasteiger partial charge < -0.3 is 5.32 Å². The third kappa shape index (κ3) is 5.08. The van der Waals surface area contributed by atoms with Crippen molar-refractivity contribution in [2.24, 2.45) is 0 Å². The number of carbonyl (C=O) groups is 3. The quantitative estimate of drug-likeness (QED) is 0.567. The monoisotopic (exact) mass is 322 g/mol. The van der Waals surface area contributed by atoms with Gasteiger partial charge in [0.1, 0.15) is 0 Å². The highest BCUT2D eigenvalue weighted by atomic mass is 79.9. The summed E-state index contributed by atoms with van der Waals surface area (Å²) in [6.45, 7) is 0.611. The Kier molecular flexibility index (Phi) is 6.57. The first kappa shape index (κ1) is 14.5. The molecule has 0 unspecified atom stereocenters. The first-order chi connectivity index (χ1) is 8.15. The van der Waals surface area contributed by atoms with Crippen molar-refractivity contribution in [2.45, 2.75) is 19.3 Å². The Balaban J connectivity index is 2.12. The van der Waals surface area contributed by atoms with Crippen LogP contribution in [0.4, 0.5) is 4.79 Å². The number of thioether (sulfide) groups is 1. The van der Waals surface area contributed by atoms with Crippen LogP contribution in [0.1, 0.15) is 19.3 Å². The maximum Gasteiger partial charge on any atom is 0.288 e. The molecular weight excluding hydrogens is 308 g/mol. The van der Waals surface area contributed by atoms with Crippen LogP contribution in [0, 0.1) is 0 Å². The highest BCUT2D eigenvalue weighted by molar-refractivity contribution is 9.09. The minimum atomic E-state index is -0.219. The van der Waals surface area contributed by atoms with Crippen molar-refractivity contribution in [1.29, 1.82) is 0 Å². The molecule has 0 aromatic carbocycles. The summed E-state index contributed by atoms with van der Waals surface area (Å²) in [5.41, 5.74) is 0. The second-order valence-corrected chi connectivity index (χ2v) is 5.32. The summed E-state index contributed by atoms with van der Waals surface area (Å²) in [5.74, 6) is 0.0177. The fourth-order valence-electron chi connectivity index (χ4n) is 1.37. The van der Waals surface area contributed by atoms with Gasteiger partial charge in [-0.1, -0.05) is 27.7 Å². The minimum Gasteiger partial charge on any atom is -0.354 e. The molecule has 5 nitrogen and oxygen atoms in total. The molecule has 1 rings (SSSR count). The van der Waals surface area contributed by atoms with Gasteiger partial charge in [-0.05, 0) is 12.8 Å². The molecule has 1 saturated heterocycles. The van der Waals surface area contributed by atoms with E-state index in [4.69, 9.17) is 0 Å². The van der Waals surface area contributed by atoms with Crippen LogP contribution in [0.25, 0.3) is 0 Å². The van der Waals surface area contributed by atoms with Gasteiger partial charge in [-0.2, -0.15) is 0 Å². The molecule has 0 aromatic rings. The van der Waals surface area contributed by atoms with E-state index in [0.717, 1.165) is 29.9 Å². The van der Waals surface area contributed by atoms with Gasteiger partial charge in [0, 0.05) is 24.8 Å². The lowest BCUT2D eigenvalue weighted by molar-refractivity contribution is -0.125. The lowest BCUT2D eigenvalue weighted by Crippen LogP contribution is -2.37. The summed E-state index contributed by atoms with van der Waals surface area (Å²) in [4.78, 5) is 35.0. The van der Waals surface area contributed by atoms with Gasteiger partial charge in [0.15, 0.2) is 0 Å². The van der Waals surface area contributed by atoms with Crippen molar-refractivity contribution < 1.29 is 14.4 Å². The Bertz CT molecular complexity index is 296. The predicted octanol–water partition coefficient (Wildman–Crippen LogP) is 1.36. The Hall–Kier alpha value is -0.560. The summed E-state index contributed by atoms with van der Waals surface area (Å²) in [6, 6.07) is 0. The molecular formula is C10H15BrN2O3S. The predicted molar refractivity (Wildman–Crippen MR) is 70.2 cm³/mol. The maximum absolute atomic E-state index is 11.3. The number of imide groups is 1. The lowest BCUT2D eigenvalue weighted by Gasteiger charge is -2.12. The first-order valence-corrected chi connectivity index (χ1v) is 7.55. The third-order valence-corrected chi connectivity index (χ3v) is 3.70. The molecule has 1 heterocycles. The van der Waals surface area contributed by atoms with Crippen molar-refractivity contribution in [1.82, 2.24) is 10.2 Å². The van der Waals surface area contributed by atoms with E-state index in [0.29, 0.717) is 13.0 Å². The van der Waals surface area contributed by atoms with E-state index >= 15 is 0 Å². The van der Waals surface area contributed by atoms with Gasteiger partial charge in [0.2, 0.25) is 11.8 Å². The SMILES string of the molecule is O=C(CCCCBr)NCCN1C(=O)CSC1=O. The zero-order valence-corrected chi connectivity index (χ0v) is 11.8. The number of carbonyl (C=O) groups excluding carboxylic acids is 3. The largest absolute Gasteiger partial charge is 0.354 e. The summed E-state index contributed by atoms with van der Waals surface area (Å²) < 4.78 is 0. The van der Waals surface area contributed by atoms with E-state index in [1.165, 1.54) is 4.90 Å². The highest BCUT2D eigenvalue weighted by Crippen LogP contribution is 2.17. The molecule has 0 bridgehead atoms. The van der Waals surface area contributed by atoms with Crippen LogP contribution in [0.3, 0.4) is 0 Å². The van der Waals surface area contributed by atoms with E-state index in [9.17, 15) is 14.4 Å². The molecule has 0 aromatic heterocycles. The molecule has 0 atom stereocenters. The minimum absolute atomic E-state index is 0.0299. The van der Waals surface area contributed by atoms with Crippen LogP contribution in [-0.2, 0) is 9.59 Å². The number of hydrogen-bond donors (Lipinski definition) is 1. The smallest absolute Gasteiger partial charge is 0.288 e. The zero-order valence-electron chi connectivity index (χ0n) is 9.41. The van der Waals surface area contributed by atoms with Crippen molar-refractivity contribution in [3.8, 4) is 0 Å². The molecule has 96 valence electrons. The molecule has 1 fully saturated rings. The number of nitrogens with zero attached hydrogens (tertiary/aromatic N) is 1. The highest BCUT2D eigenvalue weighted by Gasteiger charge is 2.29. The second-order valence-electron chi connectivity index (χ2n) is 3.60.